The van der Waals surface area contributed by atoms with Gasteiger partial charge in [-0.25, -0.2) is 5.43 Å². The minimum absolute atomic E-state index is 0.164. The third kappa shape index (κ3) is 6.87. The van der Waals surface area contributed by atoms with E-state index in [1.54, 1.807) is 30.0 Å². The first-order valence-electron chi connectivity index (χ1n) is 8.11. The first kappa shape index (κ1) is 22.4. The molecule has 2 aromatic carbocycles. The van der Waals surface area contributed by atoms with E-state index < -0.39 is 0 Å². The second-order valence-electron chi connectivity index (χ2n) is 5.43. The molecule has 0 fully saturated rings. The van der Waals surface area contributed by atoms with Gasteiger partial charge in [0.05, 0.1) is 22.0 Å². The molecule has 0 aliphatic carbocycles. The molecular formula is C18H13Cl3N4OS3. The molecule has 0 aliphatic heterocycles. The molecule has 0 bridgehead atoms. The van der Waals surface area contributed by atoms with Crippen LogP contribution >= 0.6 is 69.7 Å². The van der Waals surface area contributed by atoms with Crippen LogP contribution in [0, 0.1) is 0 Å². The number of aromatic nitrogens is 2. The lowest BCUT2D eigenvalue weighted by Crippen LogP contribution is -2.19. The Kier molecular flexibility index (Phi) is 8.65. The smallest absolute Gasteiger partial charge is 0.250 e. The average molecular weight is 504 g/mol. The van der Waals surface area contributed by atoms with Crippen LogP contribution in [0.4, 0.5) is 0 Å². The fourth-order valence-electron chi connectivity index (χ4n) is 2.03. The monoisotopic (exact) mass is 502 g/mol. The van der Waals surface area contributed by atoms with Gasteiger partial charge < -0.3 is 0 Å². The zero-order chi connectivity index (χ0) is 20.6. The second kappa shape index (κ2) is 11.2. The molecular weight excluding hydrogens is 491 g/mol. The highest BCUT2D eigenvalue weighted by atomic mass is 35.5. The summed E-state index contributed by atoms with van der Waals surface area (Å²) >= 11 is 22.5. The van der Waals surface area contributed by atoms with Crippen LogP contribution in [0.5, 0.6) is 0 Å². The fraction of sp³-hybridized carbons (Fsp3) is 0.111. The Bertz CT molecular complexity index is 1010. The molecule has 0 atom stereocenters. The summed E-state index contributed by atoms with van der Waals surface area (Å²) in [4.78, 5) is 12.0. The number of benzene rings is 2. The molecule has 1 N–H and O–H groups in total. The molecule has 0 spiro atoms. The fourth-order valence-corrected chi connectivity index (χ4v) is 5.62. The highest BCUT2D eigenvalue weighted by molar-refractivity contribution is 8.03. The Morgan fingerprint density at radius 1 is 1.00 bits per heavy atom. The molecule has 1 amide bonds. The lowest BCUT2D eigenvalue weighted by molar-refractivity contribution is -0.118. The van der Waals surface area contributed by atoms with E-state index in [2.05, 4.69) is 20.7 Å². The quantitative estimate of drug-likeness (QED) is 0.231. The number of thioether (sulfide) groups is 2. The zero-order valence-electron chi connectivity index (χ0n) is 14.6. The van der Waals surface area contributed by atoms with Crippen molar-refractivity contribution in [2.24, 2.45) is 5.10 Å². The second-order valence-corrected chi connectivity index (χ2v) is 10.1. The largest absolute Gasteiger partial charge is 0.272 e. The van der Waals surface area contributed by atoms with Crippen molar-refractivity contribution in [3.05, 3.63) is 68.7 Å². The van der Waals surface area contributed by atoms with Crippen LogP contribution in [0.2, 0.25) is 15.1 Å². The summed E-state index contributed by atoms with van der Waals surface area (Å²) in [6, 6.07) is 12.8. The number of hydrogen-bond acceptors (Lipinski definition) is 7. The Hall–Kier alpha value is -1.29. The lowest BCUT2D eigenvalue weighted by atomic mass is 10.2. The van der Waals surface area contributed by atoms with Crippen molar-refractivity contribution in [2.45, 2.75) is 14.4 Å². The molecule has 0 saturated carbocycles. The molecule has 0 radical (unpaired) electrons. The van der Waals surface area contributed by atoms with Crippen LogP contribution in [0.3, 0.4) is 0 Å². The number of amides is 1. The number of carbonyl (C=O) groups excluding carboxylic acids is 1. The van der Waals surface area contributed by atoms with Crippen molar-refractivity contribution in [3.8, 4) is 0 Å². The first-order valence-corrected chi connectivity index (χ1v) is 12.0. The van der Waals surface area contributed by atoms with Crippen molar-refractivity contribution in [3.63, 3.8) is 0 Å². The highest BCUT2D eigenvalue weighted by Crippen LogP contribution is 2.32. The van der Waals surface area contributed by atoms with E-state index in [-0.39, 0.29) is 11.7 Å². The van der Waals surface area contributed by atoms with Crippen LogP contribution in [-0.2, 0) is 10.5 Å². The molecule has 0 unspecified atom stereocenters. The summed E-state index contributed by atoms with van der Waals surface area (Å²) in [5.41, 5.74) is 4.03. The number of hydrazone groups is 1. The predicted octanol–water partition coefficient (Wildman–Crippen LogP) is 6.03. The zero-order valence-corrected chi connectivity index (χ0v) is 19.4. The first-order chi connectivity index (χ1) is 14.0. The Labute approximate surface area is 195 Å². The van der Waals surface area contributed by atoms with E-state index in [0.29, 0.717) is 25.7 Å². The summed E-state index contributed by atoms with van der Waals surface area (Å²) in [6.45, 7) is 0. The molecule has 0 aliphatic rings. The van der Waals surface area contributed by atoms with Crippen molar-refractivity contribution in [2.75, 3.05) is 5.75 Å². The molecule has 29 heavy (non-hydrogen) atoms. The molecule has 0 saturated heterocycles. The summed E-state index contributed by atoms with van der Waals surface area (Å²) in [5.74, 6) is 0.603. The van der Waals surface area contributed by atoms with Crippen LogP contribution in [0.15, 0.2) is 56.2 Å². The van der Waals surface area contributed by atoms with Crippen molar-refractivity contribution in [1.29, 1.82) is 0 Å². The summed E-state index contributed by atoms with van der Waals surface area (Å²) in [5, 5.41) is 13.8. The molecule has 1 aromatic heterocycles. The van der Waals surface area contributed by atoms with Gasteiger partial charge in [-0.2, -0.15) is 5.10 Å². The van der Waals surface area contributed by atoms with Gasteiger partial charge in [0, 0.05) is 16.3 Å². The van der Waals surface area contributed by atoms with Crippen molar-refractivity contribution in [1.82, 2.24) is 15.6 Å². The summed E-state index contributed by atoms with van der Waals surface area (Å²) in [7, 11) is 0. The standard InChI is InChI=1S/C18H13Cl3N4OS3/c19-13-5-2-1-4-11(13)9-27-17-24-25-18(29-17)28-10-16(26)23-22-8-12-14(20)6-3-7-15(12)21/h1-8H,9-10H2,(H,23,26)/b22-8-. The Balaban J connectivity index is 1.45. The van der Waals surface area contributed by atoms with Crippen molar-refractivity contribution >= 4 is 81.8 Å². The summed E-state index contributed by atoms with van der Waals surface area (Å²) < 4.78 is 1.53. The van der Waals surface area contributed by atoms with Gasteiger partial charge in [-0.05, 0) is 23.8 Å². The van der Waals surface area contributed by atoms with Gasteiger partial charge >= 0.3 is 0 Å². The third-order valence-corrected chi connectivity index (χ3v) is 7.67. The number of nitrogens with one attached hydrogen (secondary N) is 1. The number of halogens is 3. The van der Waals surface area contributed by atoms with E-state index in [1.165, 1.54) is 29.3 Å². The predicted molar refractivity (Wildman–Crippen MR) is 124 cm³/mol. The summed E-state index contributed by atoms with van der Waals surface area (Å²) in [6.07, 6.45) is 1.42. The Morgan fingerprint density at radius 3 is 2.38 bits per heavy atom. The van der Waals surface area contributed by atoms with Gasteiger partial charge in [-0.15, -0.1) is 10.2 Å². The van der Waals surface area contributed by atoms with Crippen LogP contribution in [-0.4, -0.2) is 28.1 Å². The van der Waals surface area contributed by atoms with Crippen molar-refractivity contribution < 1.29 is 4.79 Å². The van der Waals surface area contributed by atoms with E-state index in [1.807, 2.05) is 24.3 Å². The molecule has 11 heteroatoms. The van der Waals surface area contributed by atoms with Gasteiger partial charge in [-0.1, -0.05) is 93.9 Å². The normalized spacial score (nSPS) is 11.1. The van der Waals surface area contributed by atoms with Gasteiger partial charge in [0.25, 0.3) is 5.91 Å². The maximum Gasteiger partial charge on any atom is 0.250 e. The maximum atomic E-state index is 12.0. The topological polar surface area (TPSA) is 67.2 Å². The van der Waals surface area contributed by atoms with E-state index in [0.717, 1.165) is 14.9 Å². The van der Waals surface area contributed by atoms with Crippen LogP contribution in [0.1, 0.15) is 11.1 Å². The lowest BCUT2D eigenvalue weighted by Gasteiger charge is -2.01. The van der Waals surface area contributed by atoms with Gasteiger partial charge in [0.1, 0.15) is 0 Å². The van der Waals surface area contributed by atoms with Gasteiger partial charge in [0.2, 0.25) is 0 Å². The van der Waals surface area contributed by atoms with Gasteiger partial charge in [-0.3, -0.25) is 4.79 Å². The van der Waals surface area contributed by atoms with E-state index in [9.17, 15) is 4.79 Å². The highest BCUT2D eigenvalue weighted by Gasteiger charge is 2.10. The number of carbonyl (C=O) groups is 1. The number of nitrogens with zero attached hydrogens (tertiary/aromatic N) is 3. The number of hydrogen-bond donors (Lipinski definition) is 1. The average Bonchev–Trinajstić information content (AvgIpc) is 3.16. The maximum absolute atomic E-state index is 12.0. The molecule has 1 heterocycles. The van der Waals surface area contributed by atoms with Crippen LogP contribution < -0.4 is 5.43 Å². The third-order valence-electron chi connectivity index (χ3n) is 3.41. The van der Waals surface area contributed by atoms with E-state index in [4.69, 9.17) is 34.8 Å². The molecule has 3 aromatic rings. The van der Waals surface area contributed by atoms with Crippen LogP contribution in [0.25, 0.3) is 0 Å². The minimum atomic E-state index is -0.269. The Morgan fingerprint density at radius 2 is 1.66 bits per heavy atom. The van der Waals surface area contributed by atoms with E-state index >= 15 is 0 Å². The SMILES string of the molecule is O=C(CSc1nnc(SCc2ccccc2Cl)s1)N/N=C\c1c(Cl)cccc1Cl. The van der Waals surface area contributed by atoms with Gasteiger partial charge in [0.15, 0.2) is 8.68 Å². The minimum Gasteiger partial charge on any atom is -0.272 e. The molecule has 150 valence electrons. The molecule has 3 rings (SSSR count). The number of rotatable bonds is 8. The molecule has 5 nitrogen and oxygen atoms in total.